The van der Waals surface area contributed by atoms with Crippen LogP contribution in [0.2, 0.25) is 0 Å². The molecule has 68 valence electrons. The minimum Gasteiger partial charge on any atom is -0.298 e. The number of rotatable bonds is 4. The van der Waals surface area contributed by atoms with Crippen LogP contribution >= 0.6 is 0 Å². The van der Waals surface area contributed by atoms with E-state index in [1.54, 1.807) is 11.9 Å². The van der Waals surface area contributed by atoms with Crippen LogP contribution < -0.4 is 0 Å². The van der Waals surface area contributed by atoms with Gasteiger partial charge in [0, 0.05) is 12.5 Å². The van der Waals surface area contributed by atoms with Crippen LogP contribution in [-0.2, 0) is 0 Å². The normalized spacial score (nSPS) is 13.1. The predicted molar refractivity (Wildman–Crippen MR) is 43.0 cm³/mol. The van der Waals surface area contributed by atoms with Crippen molar-refractivity contribution in [1.82, 2.24) is 4.90 Å². The highest BCUT2D eigenvalue weighted by molar-refractivity contribution is 4.70. The standard InChI is InChI=1S/C8H17F2N/c1-5-8(9,10)6-11(4)7(2)3/h7H,5-6H2,1-4H3. The van der Waals surface area contributed by atoms with Crippen molar-refractivity contribution in [1.29, 1.82) is 0 Å². The van der Waals surface area contributed by atoms with Crippen molar-refractivity contribution in [3.63, 3.8) is 0 Å². The van der Waals surface area contributed by atoms with Crippen LogP contribution in [0, 0.1) is 0 Å². The Hall–Kier alpha value is -0.180. The first kappa shape index (κ1) is 10.8. The Kier molecular flexibility index (Phi) is 3.93. The fourth-order valence-electron chi connectivity index (χ4n) is 0.659. The first-order valence-corrected chi connectivity index (χ1v) is 3.97. The maximum Gasteiger partial charge on any atom is 0.260 e. The maximum atomic E-state index is 12.7. The Balaban J connectivity index is 3.83. The number of hydrogen-bond acceptors (Lipinski definition) is 1. The molecule has 0 N–H and O–H groups in total. The van der Waals surface area contributed by atoms with Gasteiger partial charge in [0.1, 0.15) is 0 Å². The highest BCUT2D eigenvalue weighted by Gasteiger charge is 2.28. The minimum absolute atomic E-state index is 0.0793. The molecule has 0 amide bonds. The van der Waals surface area contributed by atoms with Crippen LogP contribution in [0.25, 0.3) is 0 Å². The SMILES string of the molecule is CCC(F)(F)CN(C)C(C)C. The molecule has 0 spiro atoms. The summed E-state index contributed by atoms with van der Waals surface area (Å²) < 4.78 is 25.4. The van der Waals surface area contributed by atoms with Gasteiger partial charge in [-0.1, -0.05) is 6.92 Å². The average Bonchev–Trinajstić information content (AvgIpc) is 1.87. The lowest BCUT2D eigenvalue weighted by Gasteiger charge is -2.25. The van der Waals surface area contributed by atoms with E-state index in [1.165, 1.54) is 6.92 Å². The molecule has 0 atom stereocenters. The van der Waals surface area contributed by atoms with E-state index in [0.717, 1.165) is 0 Å². The summed E-state index contributed by atoms with van der Waals surface area (Å²) in [4.78, 5) is 1.66. The van der Waals surface area contributed by atoms with Crippen molar-refractivity contribution in [2.45, 2.75) is 39.2 Å². The number of alkyl halides is 2. The van der Waals surface area contributed by atoms with Crippen molar-refractivity contribution in [2.75, 3.05) is 13.6 Å². The quantitative estimate of drug-likeness (QED) is 0.618. The van der Waals surface area contributed by atoms with E-state index in [9.17, 15) is 8.78 Å². The molecule has 0 radical (unpaired) electrons. The summed E-state index contributed by atoms with van der Waals surface area (Å²) in [7, 11) is 1.72. The molecule has 0 aromatic carbocycles. The summed E-state index contributed by atoms with van der Waals surface area (Å²) in [5, 5.41) is 0. The molecule has 0 aromatic rings. The zero-order valence-corrected chi connectivity index (χ0v) is 7.69. The summed E-state index contributed by atoms with van der Waals surface area (Å²) in [5.74, 6) is -2.53. The molecule has 0 saturated heterocycles. The number of hydrogen-bond donors (Lipinski definition) is 0. The summed E-state index contributed by atoms with van der Waals surface area (Å²) in [6.45, 7) is 5.19. The minimum atomic E-state index is -2.53. The molecule has 0 aromatic heterocycles. The van der Waals surface area contributed by atoms with Crippen molar-refractivity contribution in [3.8, 4) is 0 Å². The van der Waals surface area contributed by atoms with Gasteiger partial charge in [0.15, 0.2) is 0 Å². The second-order valence-electron chi connectivity index (χ2n) is 3.22. The zero-order valence-electron chi connectivity index (χ0n) is 7.69. The summed E-state index contributed by atoms with van der Waals surface area (Å²) in [5.41, 5.74) is 0. The van der Waals surface area contributed by atoms with Crippen molar-refractivity contribution >= 4 is 0 Å². The van der Waals surface area contributed by atoms with Crippen LogP contribution in [0.4, 0.5) is 8.78 Å². The van der Waals surface area contributed by atoms with Crippen LogP contribution in [0.15, 0.2) is 0 Å². The van der Waals surface area contributed by atoms with E-state index in [4.69, 9.17) is 0 Å². The highest BCUT2D eigenvalue weighted by Crippen LogP contribution is 2.19. The molecule has 0 aliphatic heterocycles. The molecule has 3 heteroatoms. The molecule has 0 bridgehead atoms. The molecular formula is C8H17F2N. The molecule has 0 fully saturated rings. The fourth-order valence-corrected chi connectivity index (χ4v) is 0.659. The Bertz CT molecular complexity index is 113. The predicted octanol–water partition coefficient (Wildman–Crippen LogP) is 2.37. The Morgan fingerprint density at radius 3 is 2.09 bits per heavy atom. The maximum absolute atomic E-state index is 12.7. The van der Waals surface area contributed by atoms with Gasteiger partial charge in [0.2, 0.25) is 0 Å². The van der Waals surface area contributed by atoms with Gasteiger partial charge in [0.25, 0.3) is 5.92 Å². The molecule has 1 nitrogen and oxygen atoms in total. The van der Waals surface area contributed by atoms with Gasteiger partial charge >= 0.3 is 0 Å². The fraction of sp³-hybridized carbons (Fsp3) is 1.00. The molecule has 0 aliphatic carbocycles. The molecule has 0 aliphatic rings. The molecule has 0 heterocycles. The topological polar surface area (TPSA) is 3.24 Å². The first-order valence-electron chi connectivity index (χ1n) is 3.97. The number of nitrogens with zero attached hydrogens (tertiary/aromatic N) is 1. The van der Waals surface area contributed by atoms with E-state index >= 15 is 0 Å². The van der Waals surface area contributed by atoms with E-state index in [0.29, 0.717) is 0 Å². The van der Waals surface area contributed by atoms with Gasteiger partial charge in [-0.3, -0.25) is 4.90 Å². The Labute approximate surface area is 67.4 Å². The molecular weight excluding hydrogens is 148 g/mol. The highest BCUT2D eigenvalue weighted by atomic mass is 19.3. The third-order valence-electron chi connectivity index (χ3n) is 1.88. The van der Waals surface area contributed by atoms with Crippen molar-refractivity contribution < 1.29 is 8.78 Å². The van der Waals surface area contributed by atoms with Crippen LogP contribution in [0.5, 0.6) is 0 Å². The second-order valence-corrected chi connectivity index (χ2v) is 3.22. The van der Waals surface area contributed by atoms with Gasteiger partial charge in [-0.25, -0.2) is 8.78 Å². The lowest BCUT2D eigenvalue weighted by atomic mass is 10.2. The van der Waals surface area contributed by atoms with Gasteiger partial charge in [-0.2, -0.15) is 0 Å². The smallest absolute Gasteiger partial charge is 0.260 e. The van der Waals surface area contributed by atoms with Gasteiger partial charge in [-0.15, -0.1) is 0 Å². The van der Waals surface area contributed by atoms with Crippen LogP contribution in [-0.4, -0.2) is 30.5 Å². The lowest BCUT2D eigenvalue weighted by Crippen LogP contribution is -2.37. The van der Waals surface area contributed by atoms with E-state index in [2.05, 4.69) is 0 Å². The zero-order chi connectivity index (χ0) is 9.07. The average molecular weight is 165 g/mol. The molecule has 0 rings (SSSR count). The van der Waals surface area contributed by atoms with Crippen molar-refractivity contribution in [2.24, 2.45) is 0 Å². The summed E-state index contributed by atoms with van der Waals surface area (Å²) in [6.07, 6.45) is -0.0793. The Morgan fingerprint density at radius 2 is 1.82 bits per heavy atom. The molecule has 11 heavy (non-hydrogen) atoms. The van der Waals surface area contributed by atoms with Gasteiger partial charge < -0.3 is 0 Å². The number of halogens is 2. The largest absolute Gasteiger partial charge is 0.298 e. The Morgan fingerprint density at radius 1 is 1.36 bits per heavy atom. The van der Waals surface area contributed by atoms with Gasteiger partial charge in [-0.05, 0) is 20.9 Å². The van der Waals surface area contributed by atoms with Crippen molar-refractivity contribution in [3.05, 3.63) is 0 Å². The van der Waals surface area contributed by atoms with Gasteiger partial charge in [0.05, 0.1) is 6.54 Å². The van der Waals surface area contributed by atoms with E-state index in [-0.39, 0.29) is 19.0 Å². The van der Waals surface area contributed by atoms with E-state index < -0.39 is 5.92 Å². The molecule has 0 saturated carbocycles. The second kappa shape index (κ2) is 4.00. The van der Waals surface area contributed by atoms with Crippen LogP contribution in [0.1, 0.15) is 27.2 Å². The third-order valence-corrected chi connectivity index (χ3v) is 1.88. The third kappa shape index (κ3) is 4.30. The monoisotopic (exact) mass is 165 g/mol. The first-order chi connectivity index (χ1) is 4.89. The van der Waals surface area contributed by atoms with E-state index in [1.807, 2.05) is 13.8 Å². The van der Waals surface area contributed by atoms with Crippen LogP contribution in [0.3, 0.4) is 0 Å². The summed E-state index contributed by atoms with van der Waals surface area (Å²) in [6, 6.07) is 0.187. The lowest BCUT2D eigenvalue weighted by molar-refractivity contribution is -0.0354. The molecule has 0 unspecified atom stereocenters. The summed E-state index contributed by atoms with van der Waals surface area (Å²) >= 11 is 0.